The lowest BCUT2D eigenvalue weighted by molar-refractivity contribution is -0.123. The minimum absolute atomic E-state index is 0.220. The van der Waals surface area contributed by atoms with Crippen LogP contribution in [0, 0.1) is 11.7 Å². The zero-order chi connectivity index (χ0) is 19.2. The molecule has 0 radical (unpaired) electrons. The Balaban J connectivity index is 1.60. The minimum Gasteiger partial charge on any atom is -0.484 e. The lowest BCUT2D eigenvalue weighted by atomic mass is 10.2. The Morgan fingerprint density at radius 2 is 1.89 bits per heavy atom. The largest absolute Gasteiger partial charge is 0.484 e. The second kappa shape index (κ2) is 8.33. The van der Waals surface area contributed by atoms with E-state index in [1.807, 2.05) is 55.5 Å². The number of imidazole rings is 1. The highest BCUT2D eigenvalue weighted by Gasteiger charge is 2.15. The fraction of sp³-hybridized carbons (Fsp3) is 0.105. The lowest BCUT2D eigenvalue weighted by Crippen LogP contribution is -2.44. The average molecular weight is 382 g/mol. The maximum absolute atomic E-state index is 12.4. The molecule has 138 valence electrons. The summed E-state index contributed by atoms with van der Waals surface area (Å²) in [5, 5.41) is 0. The van der Waals surface area contributed by atoms with Gasteiger partial charge in [-0.3, -0.25) is 25.0 Å². The third-order valence-electron chi connectivity index (χ3n) is 3.70. The summed E-state index contributed by atoms with van der Waals surface area (Å²) in [4.78, 5) is 27.2. The van der Waals surface area contributed by atoms with Crippen molar-refractivity contribution in [1.29, 1.82) is 0 Å². The molecule has 0 aliphatic rings. The van der Waals surface area contributed by atoms with E-state index in [9.17, 15) is 9.59 Å². The van der Waals surface area contributed by atoms with Crippen molar-refractivity contribution >= 4 is 24.0 Å². The van der Waals surface area contributed by atoms with E-state index in [-0.39, 0.29) is 12.3 Å². The maximum atomic E-state index is 12.4. The van der Waals surface area contributed by atoms with Crippen molar-refractivity contribution in [2.24, 2.45) is 0 Å². The Bertz CT molecular complexity index is 1010. The van der Waals surface area contributed by atoms with Crippen LogP contribution in [0.25, 0.3) is 5.69 Å². The van der Waals surface area contributed by atoms with Gasteiger partial charge in [0.2, 0.25) is 0 Å². The van der Waals surface area contributed by atoms with Crippen molar-refractivity contribution < 1.29 is 14.3 Å². The van der Waals surface area contributed by atoms with Crippen molar-refractivity contribution in [3.63, 3.8) is 0 Å². The number of hydrogen-bond donors (Lipinski definition) is 3. The lowest BCUT2D eigenvalue weighted by Gasteiger charge is -2.11. The van der Waals surface area contributed by atoms with Crippen molar-refractivity contribution in [3.8, 4) is 11.4 Å². The SMILES string of the molecule is Cc1cccc(OCC(=O)NNC(=O)c2c[nH]c(=S)n2-c2ccccc2)c1. The predicted octanol–water partition coefficient (Wildman–Crippen LogP) is 2.68. The van der Waals surface area contributed by atoms with Gasteiger partial charge in [-0.15, -0.1) is 0 Å². The van der Waals surface area contributed by atoms with Crippen LogP contribution in [0.4, 0.5) is 0 Å². The number of para-hydroxylation sites is 1. The van der Waals surface area contributed by atoms with Crippen molar-refractivity contribution in [2.45, 2.75) is 6.92 Å². The molecule has 0 aliphatic heterocycles. The molecule has 0 saturated heterocycles. The minimum atomic E-state index is -0.505. The fourth-order valence-corrected chi connectivity index (χ4v) is 2.71. The first-order chi connectivity index (χ1) is 13.0. The molecule has 8 heteroatoms. The summed E-state index contributed by atoms with van der Waals surface area (Å²) < 4.78 is 7.35. The maximum Gasteiger partial charge on any atom is 0.288 e. The molecular weight excluding hydrogens is 364 g/mol. The van der Waals surface area contributed by atoms with Gasteiger partial charge in [0.15, 0.2) is 11.4 Å². The Morgan fingerprint density at radius 1 is 1.11 bits per heavy atom. The zero-order valence-corrected chi connectivity index (χ0v) is 15.4. The van der Waals surface area contributed by atoms with Gasteiger partial charge in [0, 0.05) is 11.9 Å². The first-order valence-corrected chi connectivity index (χ1v) is 8.60. The molecule has 0 fully saturated rings. The third-order valence-corrected chi connectivity index (χ3v) is 4.00. The van der Waals surface area contributed by atoms with Gasteiger partial charge in [-0.05, 0) is 49.0 Å². The number of amides is 2. The van der Waals surface area contributed by atoms with Crippen LogP contribution in [0.5, 0.6) is 5.75 Å². The first-order valence-electron chi connectivity index (χ1n) is 8.19. The molecule has 0 bridgehead atoms. The summed E-state index contributed by atoms with van der Waals surface area (Å²) in [5.74, 6) is -0.403. The van der Waals surface area contributed by atoms with Crippen molar-refractivity contribution in [3.05, 3.63) is 76.8 Å². The third kappa shape index (κ3) is 4.62. The molecule has 3 aromatic rings. The first kappa shape index (κ1) is 18.4. The van der Waals surface area contributed by atoms with Crippen LogP contribution in [0.2, 0.25) is 0 Å². The molecule has 3 N–H and O–H groups in total. The molecule has 7 nitrogen and oxygen atoms in total. The molecule has 1 aromatic heterocycles. The van der Waals surface area contributed by atoms with E-state index < -0.39 is 11.8 Å². The van der Waals surface area contributed by atoms with Gasteiger partial charge in [-0.2, -0.15) is 0 Å². The van der Waals surface area contributed by atoms with Crippen LogP contribution < -0.4 is 15.6 Å². The Kier molecular flexibility index (Phi) is 5.68. The molecule has 0 spiro atoms. The Morgan fingerprint density at radius 3 is 2.63 bits per heavy atom. The number of hydrogen-bond acceptors (Lipinski definition) is 4. The molecule has 2 aromatic carbocycles. The molecule has 1 heterocycles. The number of aromatic amines is 1. The van der Waals surface area contributed by atoms with Gasteiger partial charge in [-0.25, -0.2) is 0 Å². The number of hydrazine groups is 1. The summed E-state index contributed by atoms with van der Waals surface area (Å²) in [5.41, 5.74) is 6.73. The summed E-state index contributed by atoms with van der Waals surface area (Å²) in [6.45, 7) is 1.71. The molecule has 2 amide bonds. The quantitative estimate of drug-likeness (QED) is 0.468. The number of aryl methyl sites for hydroxylation is 1. The van der Waals surface area contributed by atoms with E-state index in [4.69, 9.17) is 17.0 Å². The number of rotatable bonds is 5. The number of benzene rings is 2. The zero-order valence-electron chi connectivity index (χ0n) is 14.6. The van der Waals surface area contributed by atoms with Gasteiger partial charge in [0.1, 0.15) is 11.4 Å². The fourth-order valence-electron chi connectivity index (χ4n) is 2.45. The van der Waals surface area contributed by atoms with Gasteiger partial charge in [-0.1, -0.05) is 30.3 Å². The topological polar surface area (TPSA) is 88.2 Å². The number of nitrogens with zero attached hydrogens (tertiary/aromatic N) is 1. The predicted molar refractivity (Wildman–Crippen MR) is 103 cm³/mol. The van der Waals surface area contributed by atoms with Crippen molar-refractivity contribution in [2.75, 3.05) is 6.61 Å². The Hall–Kier alpha value is -3.39. The summed E-state index contributed by atoms with van der Waals surface area (Å²) in [7, 11) is 0. The van der Waals surface area contributed by atoms with E-state index in [2.05, 4.69) is 15.8 Å². The van der Waals surface area contributed by atoms with Crippen LogP contribution in [0.1, 0.15) is 16.1 Å². The second-order valence-corrected chi connectivity index (χ2v) is 6.14. The van der Waals surface area contributed by atoms with E-state index in [0.29, 0.717) is 10.5 Å². The highest BCUT2D eigenvalue weighted by Crippen LogP contribution is 2.13. The monoisotopic (exact) mass is 382 g/mol. The standard InChI is InChI=1S/C19H18N4O3S/c1-13-6-5-9-15(10-13)26-12-17(24)21-22-18(25)16-11-20-19(27)23(16)14-7-3-2-4-8-14/h2-11H,12H2,1H3,(H,20,27)(H,21,24)(H,22,25). The van der Waals surface area contributed by atoms with Gasteiger partial charge >= 0.3 is 0 Å². The van der Waals surface area contributed by atoms with Gasteiger partial charge in [0.05, 0.1) is 0 Å². The van der Waals surface area contributed by atoms with Crippen molar-refractivity contribution in [1.82, 2.24) is 20.4 Å². The molecule has 0 unspecified atom stereocenters. The number of H-pyrrole nitrogens is 1. The molecule has 27 heavy (non-hydrogen) atoms. The highest BCUT2D eigenvalue weighted by atomic mass is 32.1. The van der Waals surface area contributed by atoms with E-state index in [1.54, 1.807) is 10.6 Å². The number of nitrogens with one attached hydrogen (secondary N) is 3. The van der Waals surface area contributed by atoms with Gasteiger partial charge in [0.25, 0.3) is 11.8 Å². The normalized spacial score (nSPS) is 10.3. The van der Waals surface area contributed by atoms with Crippen LogP contribution in [0.15, 0.2) is 60.8 Å². The van der Waals surface area contributed by atoms with E-state index in [0.717, 1.165) is 11.3 Å². The highest BCUT2D eigenvalue weighted by molar-refractivity contribution is 7.71. The van der Waals surface area contributed by atoms with Crippen LogP contribution in [0.3, 0.4) is 0 Å². The molecule has 0 atom stereocenters. The van der Waals surface area contributed by atoms with Gasteiger partial charge < -0.3 is 9.72 Å². The number of ether oxygens (including phenoxy) is 1. The summed E-state index contributed by atoms with van der Waals surface area (Å²) >= 11 is 5.24. The molecular formula is C19H18N4O3S. The second-order valence-electron chi connectivity index (χ2n) is 5.76. The molecule has 0 saturated carbocycles. The smallest absolute Gasteiger partial charge is 0.288 e. The number of aromatic nitrogens is 2. The van der Waals surface area contributed by atoms with Crippen LogP contribution >= 0.6 is 12.2 Å². The van der Waals surface area contributed by atoms with Crippen LogP contribution in [-0.2, 0) is 4.79 Å². The van der Waals surface area contributed by atoms with Crippen LogP contribution in [-0.4, -0.2) is 28.0 Å². The van der Waals surface area contributed by atoms with E-state index >= 15 is 0 Å². The average Bonchev–Trinajstić information content (AvgIpc) is 3.07. The molecule has 0 aliphatic carbocycles. The Labute approximate surface area is 161 Å². The number of carbonyl (C=O) groups is 2. The molecule has 3 rings (SSSR count). The van der Waals surface area contributed by atoms with E-state index in [1.165, 1.54) is 6.20 Å². The summed E-state index contributed by atoms with van der Waals surface area (Å²) in [6.07, 6.45) is 1.49. The number of carbonyl (C=O) groups excluding carboxylic acids is 2. The summed E-state index contributed by atoms with van der Waals surface area (Å²) in [6, 6.07) is 16.6.